The molecule has 1 aromatic carbocycles. The predicted molar refractivity (Wildman–Crippen MR) is 71.5 cm³/mol. The standard InChI is InChI=1S/C15H23NO/c1-11-8-12(2)14(13(3)9-11)17-15(10-16)6-4-5-7-15/h8-9H,4-7,10,16H2,1-3H3. The fourth-order valence-corrected chi connectivity index (χ4v) is 2.91. The lowest BCUT2D eigenvalue weighted by atomic mass is 10.0. The number of nitrogens with two attached hydrogens (primary N) is 1. The van der Waals surface area contributed by atoms with E-state index in [1.54, 1.807) is 0 Å². The molecule has 1 aromatic rings. The normalized spacial score (nSPS) is 18.4. The fraction of sp³-hybridized carbons (Fsp3) is 0.600. The lowest BCUT2D eigenvalue weighted by Crippen LogP contribution is -2.41. The van der Waals surface area contributed by atoms with Crippen molar-refractivity contribution >= 4 is 0 Å². The van der Waals surface area contributed by atoms with Crippen molar-refractivity contribution < 1.29 is 4.74 Å². The van der Waals surface area contributed by atoms with Crippen molar-refractivity contribution in [1.29, 1.82) is 0 Å². The Bertz CT molecular complexity index is 382. The van der Waals surface area contributed by atoms with E-state index < -0.39 is 0 Å². The predicted octanol–water partition coefficient (Wildman–Crippen LogP) is 3.26. The molecule has 0 aliphatic heterocycles. The molecule has 0 unspecified atom stereocenters. The van der Waals surface area contributed by atoms with Crippen LogP contribution in [0.4, 0.5) is 0 Å². The first-order valence-corrected chi connectivity index (χ1v) is 6.53. The van der Waals surface area contributed by atoms with Crippen LogP contribution in [0.25, 0.3) is 0 Å². The zero-order chi connectivity index (χ0) is 12.5. The molecular weight excluding hydrogens is 210 g/mol. The van der Waals surface area contributed by atoms with E-state index in [0.29, 0.717) is 6.54 Å². The molecular formula is C15H23NO. The van der Waals surface area contributed by atoms with Gasteiger partial charge in [-0.2, -0.15) is 0 Å². The lowest BCUT2D eigenvalue weighted by molar-refractivity contribution is 0.0835. The zero-order valence-corrected chi connectivity index (χ0v) is 11.2. The van der Waals surface area contributed by atoms with Crippen LogP contribution in [0.5, 0.6) is 5.75 Å². The molecule has 1 saturated carbocycles. The molecule has 2 nitrogen and oxygen atoms in total. The van der Waals surface area contributed by atoms with Crippen molar-refractivity contribution in [2.75, 3.05) is 6.54 Å². The van der Waals surface area contributed by atoms with Crippen molar-refractivity contribution in [2.45, 2.75) is 52.1 Å². The van der Waals surface area contributed by atoms with Crippen LogP contribution < -0.4 is 10.5 Å². The van der Waals surface area contributed by atoms with Crippen LogP contribution in [-0.4, -0.2) is 12.1 Å². The summed E-state index contributed by atoms with van der Waals surface area (Å²) in [4.78, 5) is 0. The smallest absolute Gasteiger partial charge is 0.126 e. The molecule has 2 N–H and O–H groups in total. The van der Waals surface area contributed by atoms with Crippen LogP contribution in [0.1, 0.15) is 42.4 Å². The van der Waals surface area contributed by atoms with Gasteiger partial charge in [0.1, 0.15) is 11.4 Å². The van der Waals surface area contributed by atoms with Gasteiger partial charge in [0.15, 0.2) is 0 Å². The molecule has 0 atom stereocenters. The number of hydrogen-bond acceptors (Lipinski definition) is 2. The Hall–Kier alpha value is -1.02. The molecule has 0 spiro atoms. The highest BCUT2D eigenvalue weighted by Gasteiger charge is 2.35. The Morgan fingerprint density at radius 2 is 1.65 bits per heavy atom. The molecule has 0 aromatic heterocycles. The summed E-state index contributed by atoms with van der Waals surface area (Å²) in [5.74, 6) is 1.04. The van der Waals surface area contributed by atoms with Gasteiger partial charge in [0.2, 0.25) is 0 Å². The molecule has 1 aliphatic carbocycles. The van der Waals surface area contributed by atoms with Crippen molar-refractivity contribution in [2.24, 2.45) is 5.73 Å². The summed E-state index contributed by atoms with van der Waals surface area (Å²) < 4.78 is 6.30. The quantitative estimate of drug-likeness (QED) is 0.869. The van der Waals surface area contributed by atoms with Gasteiger partial charge in [0, 0.05) is 6.54 Å². The molecule has 1 fully saturated rings. The van der Waals surface area contributed by atoms with E-state index in [2.05, 4.69) is 32.9 Å². The van der Waals surface area contributed by atoms with E-state index in [-0.39, 0.29) is 5.60 Å². The summed E-state index contributed by atoms with van der Waals surface area (Å²) in [7, 11) is 0. The van der Waals surface area contributed by atoms with Gasteiger partial charge in [-0.15, -0.1) is 0 Å². The highest BCUT2D eigenvalue weighted by Crippen LogP contribution is 2.36. The molecule has 94 valence electrons. The highest BCUT2D eigenvalue weighted by atomic mass is 16.5. The van der Waals surface area contributed by atoms with Crippen molar-refractivity contribution in [1.82, 2.24) is 0 Å². The third-order valence-corrected chi connectivity index (χ3v) is 3.81. The second-order valence-electron chi connectivity index (χ2n) is 5.42. The second kappa shape index (κ2) is 4.69. The number of benzene rings is 1. The molecule has 0 bridgehead atoms. The molecule has 0 saturated heterocycles. The van der Waals surface area contributed by atoms with Crippen LogP contribution in [0.3, 0.4) is 0 Å². The van der Waals surface area contributed by atoms with Crippen LogP contribution >= 0.6 is 0 Å². The third kappa shape index (κ3) is 2.47. The average molecular weight is 233 g/mol. The van der Waals surface area contributed by atoms with E-state index in [1.807, 2.05) is 0 Å². The summed E-state index contributed by atoms with van der Waals surface area (Å²) in [5.41, 5.74) is 9.56. The minimum absolute atomic E-state index is 0.106. The van der Waals surface area contributed by atoms with Crippen molar-refractivity contribution in [3.63, 3.8) is 0 Å². The van der Waals surface area contributed by atoms with Crippen molar-refractivity contribution in [3.8, 4) is 5.75 Å². The molecule has 17 heavy (non-hydrogen) atoms. The van der Waals surface area contributed by atoms with Crippen molar-refractivity contribution in [3.05, 3.63) is 28.8 Å². The van der Waals surface area contributed by atoms with Gasteiger partial charge in [-0.05, 0) is 57.6 Å². The van der Waals surface area contributed by atoms with Gasteiger partial charge >= 0.3 is 0 Å². The maximum atomic E-state index is 6.30. The molecule has 0 radical (unpaired) electrons. The molecule has 0 heterocycles. The Morgan fingerprint density at radius 1 is 1.12 bits per heavy atom. The largest absolute Gasteiger partial charge is 0.485 e. The number of aryl methyl sites for hydroxylation is 3. The molecule has 2 heteroatoms. The van der Waals surface area contributed by atoms with Crippen LogP contribution in [0.15, 0.2) is 12.1 Å². The molecule has 1 aliphatic rings. The Morgan fingerprint density at radius 3 is 2.12 bits per heavy atom. The topological polar surface area (TPSA) is 35.2 Å². The van der Waals surface area contributed by atoms with E-state index >= 15 is 0 Å². The minimum Gasteiger partial charge on any atom is -0.485 e. The van der Waals surface area contributed by atoms with Gasteiger partial charge in [-0.1, -0.05) is 17.7 Å². The Balaban J connectivity index is 2.29. The lowest BCUT2D eigenvalue weighted by Gasteiger charge is -2.30. The van der Waals surface area contributed by atoms with E-state index in [9.17, 15) is 0 Å². The summed E-state index contributed by atoms with van der Waals surface area (Å²) in [6, 6.07) is 4.36. The number of ether oxygens (including phenoxy) is 1. The fourth-order valence-electron chi connectivity index (χ4n) is 2.91. The third-order valence-electron chi connectivity index (χ3n) is 3.81. The van der Waals surface area contributed by atoms with Gasteiger partial charge in [0.25, 0.3) is 0 Å². The first kappa shape index (κ1) is 12.4. The molecule has 0 amide bonds. The van der Waals surface area contributed by atoms with Gasteiger partial charge in [-0.25, -0.2) is 0 Å². The summed E-state index contributed by atoms with van der Waals surface area (Å²) in [5, 5.41) is 0. The highest BCUT2D eigenvalue weighted by molar-refractivity contribution is 5.43. The van der Waals surface area contributed by atoms with E-state index in [0.717, 1.165) is 18.6 Å². The summed E-state index contributed by atoms with van der Waals surface area (Å²) in [6.45, 7) is 6.99. The SMILES string of the molecule is Cc1cc(C)c(OC2(CN)CCCC2)c(C)c1. The first-order chi connectivity index (χ1) is 8.06. The maximum absolute atomic E-state index is 6.30. The van der Waals surface area contributed by atoms with Crippen LogP contribution in [-0.2, 0) is 0 Å². The maximum Gasteiger partial charge on any atom is 0.126 e. The average Bonchev–Trinajstić information content (AvgIpc) is 2.73. The number of hydrogen-bond donors (Lipinski definition) is 1. The van der Waals surface area contributed by atoms with Crippen LogP contribution in [0, 0.1) is 20.8 Å². The van der Waals surface area contributed by atoms with E-state index in [4.69, 9.17) is 10.5 Å². The Labute approximate surface area is 104 Å². The van der Waals surface area contributed by atoms with Gasteiger partial charge < -0.3 is 10.5 Å². The first-order valence-electron chi connectivity index (χ1n) is 6.53. The zero-order valence-electron chi connectivity index (χ0n) is 11.2. The minimum atomic E-state index is -0.106. The number of rotatable bonds is 3. The van der Waals surface area contributed by atoms with Crippen LogP contribution in [0.2, 0.25) is 0 Å². The summed E-state index contributed by atoms with van der Waals surface area (Å²) in [6.07, 6.45) is 4.66. The molecule has 2 rings (SSSR count). The monoisotopic (exact) mass is 233 g/mol. The van der Waals surface area contributed by atoms with E-state index in [1.165, 1.54) is 29.5 Å². The second-order valence-corrected chi connectivity index (χ2v) is 5.42. The van der Waals surface area contributed by atoms with Gasteiger partial charge in [0.05, 0.1) is 0 Å². The summed E-state index contributed by atoms with van der Waals surface area (Å²) >= 11 is 0. The van der Waals surface area contributed by atoms with Gasteiger partial charge in [-0.3, -0.25) is 0 Å². The Kier molecular flexibility index (Phi) is 3.43.